The lowest BCUT2D eigenvalue weighted by Gasteiger charge is -2.17. The fourth-order valence-electron chi connectivity index (χ4n) is 2.84. The van der Waals surface area contributed by atoms with Crippen LogP contribution in [0, 0.1) is 5.92 Å². The van der Waals surface area contributed by atoms with E-state index in [4.69, 9.17) is 42.3 Å². The van der Waals surface area contributed by atoms with Gasteiger partial charge in [-0.25, -0.2) is 4.79 Å². The first-order valence-corrected chi connectivity index (χ1v) is 9.84. The van der Waals surface area contributed by atoms with Gasteiger partial charge in [-0.2, -0.15) is 0 Å². The number of methoxy groups -OCH3 is 2. The molecular weight excluding hydrogens is 449 g/mol. The quantitative estimate of drug-likeness (QED) is 0.619. The van der Waals surface area contributed by atoms with Crippen LogP contribution in [0.25, 0.3) is 0 Å². The summed E-state index contributed by atoms with van der Waals surface area (Å²) in [5, 5.41) is 6.83. The van der Waals surface area contributed by atoms with Gasteiger partial charge in [0, 0.05) is 18.0 Å². The summed E-state index contributed by atoms with van der Waals surface area (Å²) in [7, 11) is 2.74. The minimum absolute atomic E-state index is 0.0541. The average molecular weight is 468 g/mol. The number of carbonyl (C=O) groups is 2. The molecule has 9 nitrogen and oxygen atoms in total. The van der Waals surface area contributed by atoms with Gasteiger partial charge < -0.3 is 24.4 Å². The Morgan fingerprint density at radius 1 is 1.16 bits per heavy atom. The number of amides is 1. The smallest absolute Gasteiger partial charge is 0.356 e. The summed E-state index contributed by atoms with van der Waals surface area (Å²) in [5.41, 5.74) is 0.652. The van der Waals surface area contributed by atoms with Gasteiger partial charge >= 0.3 is 5.97 Å². The van der Waals surface area contributed by atoms with Crippen molar-refractivity contribution in [2.45, 2.75) is 13.0 Å². The van der Waals surface area contributed by atoms with Gasteiger partial charge in [-0.1, -0.05) is 28.4 Å². The first kappa shape index (κ1) is 22.6. The van der Waals surface area contributed by atoms with E-state index in [0.717, 1.165) is 0 Å². The van der Waals surface area contributed by atoms with Crippen LogP contribution in [0.1, 0.15) is 17.3 Å². The normalized spacial score (nSPS) is 17.4. The highest BCUT2D eigenvalue weighted by atomic mass is 35.5. The summed E-state index contributed by atoms with van der Waals surface area (Å²) in [6.45, 7) is 1.81. The lowest BCUT2D eigenvalue weighted by molar-refractivity contribution is -0.133. The number of halogens is 2. The summed E-state index contributed by atoms with van der Waals surface area (Å²) in [5.74, 6) is -0.810. The van der Waals surface area contributed by atoms with Gasteiger partial charge in [-0.3, -0.25) is 9.78 Å². The maximum Gasteiger partial charge on any atom is 0.356 e. The third-order valence-corrected chi connectivity index (χ3v) is 5.14. The standard InChI is InChI=1S/C20H19Cl2N3O6/c1-10-12(17(25-31-10)20(27)29-3)9-30-16-6-11(4-5-15(16)28-2)19(26)24-18-13(21)7-23-8-14(18)22/h4-8,10,12H,9H2,1-3H3,(H,23,24,26). The zero-order valence-corrected chi connectivity index (χ0v) is 18.4. The molecule has 1 aromatic carbocycles. The number of hydrogen-bond donors (Lipinski definition) is 1. The van der Waals surface area contributed by atoms with Crippen molar-refractivity contribution in [1.82, 2.24) is 4.98 Å². The van der Waals surface area contributed by atoms with Gasteiger partial charge in [-0.05, 0) is 25.1 Å². The second kappa shape index (κ2) is 9.84. The summed E-state index contributed by atoms with van der Waals surface area (Å²) in [6.07, 6.45) is 2.36. The molecular formula is C20H19Cl2N3O6. The third kappa shape index (κ3) is 5.00. The molecule has 0 saturated carbocycles. The van der Waals surface area contributed by atoms with E-state index in [2.05, 4.69) is 15.5 Å². The van der Waals surface area contributed by atoms with Crippen LogP contribution in [-0.2, 0) is 14.4 Å². The van der Waals surface area contributed by atoms with Crippen LogP contribution in [0.3, 0.4) is 0 Å². The van der Waals surface area contributed by atoms with Crippen LogP contribution in [0.2, 0.25) is 10.0 Å². The number of pyridine rings is 1. The molecule has 0 radical (unpaired) electrons. The minimum Gasteiger partial charge on any atom is -0.493 e. The van der Waals surface area contributed by atoms with Gasteiger partial charge in [0.15, 0.2) is 17.2 Å². The van der Waals surface area contributed by atoms with Crippen molar-refractivity contribution in [2.75, 3.05) is 26.1 Å². The van der Waals surface area contributed by atoms with Gasteiger partial charge in [0.05, 0.1) is 35.9 Å². The number of carbonyl (C=O) groups excluding carboxylic acids is 2. The number of nitrogens with zero attached hydrogens (tertiary/aromatic N) is 2. The second-order valence-electron chi connectivity index (χ2n) is 6.49. The lowest BCUT2D eigenvalue weighted by atomic mass is 9.99. The van der Waals surface area contributed by atoms with Crippen molar-refractivity contribution in [2.24, 2.45) is 11.1 Å². The van der Waals surface area contributed by atoms with E-state index < -0.39 is 17.8 Å². The number of anilines is 1. The SMILES string of the molecule is COC(=O)C1=NOC(C)C1COc1cc(C(=O)Nc2c(Cl)cncc2Cl)ccc1OC. The molecule has 0 bridgehead atoms. The molecule has 3 rings (SSSR count). The molecule has 2 heterocycles. The maximum atomic E-state index is 12.7. The highest BCUT2D eigenvalue weighted by Crippen LogP contribution is 2.32. The molecule has 0 fully saturated rings. The lowest BCUT2D eigenvalue weighted by Crippen LogP contribution is -2.32. The van der Waals surface area contributed by atoms with Crippen molar-refractivity contribution in [1.29, 1.82) is 0 Å². The number of rotatable bonds is 7. The Balaban J connectivity index is 1.78. The number of nitrogens with one attached hydrogen (secondary N) is 1. The summed E-state index contributed by atoms with van der Waals surface area (Å²) < 4.78 is 15.9. The molecule has 1 aliphatic heterocycles. The highest BCUT2D eigenvalue weighted by molar-refractivity contribution is 6.39. The number of hydrogen-bond acceptors (Lipinski definition) is 8. The Hall–Kier alpha value is -3.04. The molecule has 0 saturated heterocycles. The number of oxime groups is 1. The average Bonchev–Trinajstić information content (AvgIpc) is 3.14. The van der Waals surface area contributed by atoms with Crippen molar-refractivity contribution in [3.05, 3.63) is 46.2 Å². The maximum absolute atomic E-state index is 12.7. The summed E-state index contributed by atoms with van der Waals surface area (Å²) in [6, 6.07) is 4.66. The third-order valence-electron chi connectivity index (χ3n) is 4.57. The monoisotopic (exact) mass is 467 g/mol. The Morgan fingerprint density at radius 2 is 1.87 bits per heavy atom. The Morgan fingerprint density at radius 3 is 2.52 bits per heavy atom. The Bertz CT molecular complexity index is 1010. The first-order chi connectivity index (χ1) is 14.8. The molecule has 2 aromatic rings. The van der Waals surface area contributed by atoms with E-state index in [-0.39, 0.29) is 39.7 Å². The van der Waals surface area contributed by atoms with E-state index in [0.29, 0.717) is 11.5 Å². The zero-order valence-electron chi connectivity index (χ0n) is 16.8. The van der Waals surface area contributed by atoms with Gasteiger partial charge in [-0.15, -0.1) is 0 Å². The van der Waals surface area contributed by atoms with Crippen LogP contribution in [0.4, 0.5) is 5.69 Å². The molecule has 2 atom stereocenters. The highest BCUT2D eigenvalue weighted by Gasteiger charge is 2.37. The largest absolute Gasteiger partial charge is 0.493 e. The number of aromatic nitrogens is 1. The Labute approximate surface area is 188 Å². The zero-order chi connectivity index (χ0) is 22.5. The molecule has 1 amide bonds. The first-order valence-electron chi connectivity index (χ1n) is 9.09. The number of benzene rings is 1. The summed E-state index contributed by atoms with van der Waals surface area (Å²) >= 11 is 12.1. The van der Waals surface area contributed by atoms with E-state index in [9.17, 15) is 9.59 Å². The predicted octanol–water partition coefficient (Wildman–Crippen LogP) is 3.59. The fourth-order valence-corrected chi connectivity index (χ4v) is 3.30. The predicted molar refractivity (Wildman–Crippen MR) is 114 cm³/mol. The van der Waals surface area contributed by atoms with Crippen LogP contribution in [-0.4, -0.2) is 49.5 Å². The molecule has 0 spiro atoms. The molecule has 1 aliphatic rings. The van der Waals surface area contributed by atoms with Crippen LogP contribution in [0.15, 0.2) is 35.7 Å². The molecule has 0 aliphatic carbocycles. The molecule has 31 heavy (non-hydrogen) atoms. The van der Waals surface area contributed by atoms with Crippen molar-refractivity contribution < 1.29 is 28.6 Å². The Kier molecular flexibility index (Phi) is 7.19. The van der Waals surface area contributed by atoms with Crippen molar-refractivity contribution in [3.8, 4) is 11.5 Å². The van der Waals surface area contributed by atoms with Crippen molar-refractivity contribution >= 4 is 46.5 Å². The molecule has 164 valence electrons. The molecule has 1 aromatic heterocycles. The van der Waals surface area contributed by atoms with Gasteiger partial charge in [0.25, 0.3) is 5.91 Å². The van der Waals surface area contributed by atoms with E-state index in [1.165, 1.54) is 32.7 Å². The molecule has 1 N–H and O–H groups in total. The summed E-state index contributed by atoms with van der Waals surface area (Å²) in [4.78, 5) is 33.6. The fraction of sp³-hybridized carbons (Fsp3) is 0.300. The van der Waals surface area contributed by atoms with Gasteiger partial charge in [0.2, 0.25) is 0 Å². The molecule has 11 heteroatoms. The van der Waals surface area contributed by atoms with Crippen LogP contribution >= 0.6 is 23.2 Å². The number of esters is 1. The van der Waals surface area contributed by atoms with E-state index in [1.54, 1.807) is 19.1 Å². The minimum atomic E-state index is -0.593. The topological polar surface area (TPSA) is 108 Å². The van der Waals surface area contributed by atoms with Gasteiger partial charge in [0.1, 0.15) is 12.7 Å². The second-order valence-corrected chi connectivity index (χ2v) is 7.31. The van der Waals surface area contributed by atoms with Crippen molar-refractivity contribution in [3.63, 3.8) is 0 Å². The number of ether oxygens (including phenoxy) is 3. The van der Waals surface area contributed by atoms with Crippen LogP contribution < -0.4 is 14.8 Å². The molecule has 2 unspecified atom stereocenters. The van der Waals surface area contributed by atoms with Crippen LogP contribution in [0.5, 0.6) is 11.5 Å². The van der Waals surface area contributed by atoms with E-state index in [1.807, 2.05) is 0 Å². The van der Waals surface area contributed by atoms with E-state index >= 15 is 0 Å².